The highest BCUT2D eigenvalue weighted by atomic mass is 35.5. The van der Waals surface area contributed by atoms with E-state index >= 15 is 0 Å². The number of aliphatic hydroxyl groups is 1. The number of esters is 1. The number of carbonyl (C=O) groups excluding carboxylic acids is 1. The normalized spacial score (nSPS) is 13.2. The zero-order valence-corrected chi connectivity index (χ0v) is 7.49. The van der Waals surface area contributed by atoms with Gasteiger partial charge in [-0.1, -0.05) is 29.8 Å². The van der Waals surface area contributed by atoms with Crippen LogP contribution in [0.5, 0.6) is 0 Å². The molecule has 0 aliphatic heterocycles. The van der Waals surface area contributed by atoms with Gasteiger partial charge in [0.1, 0.15) is 0 Å². The molecular formula is C9H9ClO3. The lowest BCUT2D eigenvalue weighted by Gasteiger charge is -2.09. The largest absolute Gasteiger partial charge is 0.467 e. The molecule has 1 aromatic rings. The first-order valence-electron chi connectivity index (χ1n) is 4.26. The summed E-state index contributed by atoms with van der Waals surface area (Å²) in [5, 5.41) is 9.75. The average Bonchev–Trinajstić information content (AvgIpc) is 2.18. The van der Waals surface area contributed by atoms with Crippen LogP contribution in [0.3, 0.4) is 0 Å². The lowest BCUT2D eigenvalue weighted by atomic mass is 10.1. The number of benzene rings is 1. The van der Waals surface area contributed by atoms with Crippen molar-refractivity contribution in [2.24, 2.45) is 0 Å². The molecule has 0 amide bonds. The molecule has 4 heteroatoms. The van der Waals surface area contributed by atoms with Crippen molar-refractivity contribution in [2.45, 2.75) is 6.10 Å². The van der Waals surface area contributed by atoms with Gasteiger partial charge >= 0.3 is 5.97 Å². The third-order valence-electron chi connectivity index (χ3n) is 1.57. The van der Waals surface area contributed by atoms with E-state index in [4.69, 9.17) is 13.0 Å². The maximum Gasteiger partial charge on any atom is 0.339 e. The molecule has 0 bridgehead atoms. The van der Waals surface area contributed by atoms with Crippen LogP contribution in [0.25, 0.3) is 0 Å². The number of halogens is 1. The molecule has 0 radical (unpaired) electrons. The Bertz CT molecular complexity index is 330. The Morgan fingerprint density at radius 2 is 2.38 bits per heavy atom. The van der Waals surface area contributed by atoms with Crippen molar-refractivity contribution < 1.29 is 16.0 Å². The number of hydrogen-bond donors (Lipinski definition) is 1. The number of hydrogen-bond acceptors (Lipinski definition) is 3. The van der Waals surface area contributed by atoms with E-state index in [0.29, 0.717) is 5.02 Å². The second kappa shape index (κ2) is 4.25. The molecule has 1 rings (SSSR count). The average molecular weight is 202 g/mol. The summed E-state index contributed by atoms with van der Waals surface area (Å²) in [6.45, 7) is 0. The highest BCUT2D eigenvalue weighted by molar-refractivity contribution is 6.31. The van der Waals surface area contributed by atoms with Gasteiger partial charge in [-0.2, -0.15) is 0 Å². The maximum absolute atomic E-state index is 11.0. The summed E-state index contributed by atoms with van der Waals surface area (Å²) in [7, 11) is -0.514. The minimum Gasteiger partial charge on any atom is -0.467 e. The topological polar surface area (TPSA) is 46.5 Å². The predicted molar refractivity (Wildman–Crippen MR) is 48.4 cm³/mol. The standard InChI is InChI=1S/C9H9ClO3/c1-13-9(12)8(11)6-4-2-3-5-7(6)10/h2-5,8,11H,1H3/t8-/m1/s1/i1D. The number of ether oxygens (including phenoxy) is 1. The Morgan fingerprint density at radius 3 is 3.00 bits per heavy atom. The maximum atomic E-state index is 11.0. The van der Waals surface area contributed by atoms with Crippen LogP contribution >= 0.6 is 11.6 Å². The Hall–Kier alpha value is -1.06. The van der Waals surface area contributed by atoms with Crippen LogP contribution < -0.4 is 0 Å². The molecule has 3 nitrogen and oxygen atoms in total. The zero-order chi connectivity index (χ0) is 10.6. The summed E-state index contributed by atoms with van der Waals surface area (Å²) in [6.07, 6.45) is -1.42. The molecule has 0 aliphatic carbocycles. The van der Waals surface area contributed by atoms with E-state index < -0.39 is 19.2 Å². The van der Waals surface area contributed by atoms with Gasteiger partial charge in [-0.15, -0.1) is 0 Å². The molecule has 1 N–H and O–H groups in total. The summed E-state index contributed by atoms with van der Waals surface area (Å²) in [5.41, 5.74) is 0.285. The highest BCUT2D eigenvalue weighted by Crippen LogP contribution is 2.22. The lowest BCUT2D eigenvalue weighted by molar-refractivity contribution is -0.150. The van der Waals surface area contributed by atoms with Crippen LogP contribution in [0.2, 0.25) is 5.02 Å². The molecule has 0 spiro atoms. The smallest absolute Gasteiger partial charge is 0.339 e. The molecule has 0 unspecified atom stereocenters. The van der Waals surface area contributed by atoms with E-state index in [0.717, 1.165) is 0 Å². The van der Waals surface area contributed by atoms with E-state index in [1.54, 1.807) is 18.2 Å². The fourth-order valence-corrected chi connectivity index (χ4v) is 1.14. The zero-order valence-electron chi connectivity index (χ0n) is 7.74. The van der Waals surface area contributed by atoms with Gasteiger partial charge in [-0.25, -0.2) is 4.79 Å². The minimum absolute atomic E-state index is 0.285. The summed E-state index contributed by atoms with van der Waals surface area (Å²) in [6, 6.07) is 6.43. The summed E-state index contributed by atoms with van der Waals surface area (Å²) >= 11 is 5.75. The van der Waals surface area contributed by atoms with Crippen molar-refractivity contribution in [1.29, 1.82) is 0 Å². The molecule has 1 atom stereocenters. The van der Waals surface area contributed by atoms with Crippen molar-refractivity contribution in [1.82, 2.24) is 0 Å². The number of rotatable bonds is 2. The molecule has 13 heavy (non-hydrogen) atoms. The first-order chi connectivity index (χ1) is 6.66. The molecule has 0 fully saturated rings. The van der Waals surface area contributed by atoms with Crippen molar-refractivity contribution in [2.75, 3.05) is 7.09 Å². The highest BCUT2D eigenvalue weighted by Gasteiger charge is 2.19. The summed E-state index contributed by atoms with van der Waals surface area (Å²) in [4.78, 5) is 11.0. The van der Waals surface area contributed by atoms with Crippen molar-refractivity contribution in [3.8, 4) is 0 Å². The van der Waals surface area contributed by atoms with E-state index in [1.165, 1.54) is 6.07 Å². The first kappa shape index (κ1) is 8.53. The summed E-state index contributed by atoms with van der Waals surface area (Å²) < 4.78 is 11.0. The monoisotopic (exact) mass is 201 g/mol. The molecule has 0 aromatic heterocycles. The van der Waals surface area contributed by atoms with Gasteiger partial charge in [0.2, 0.25) is 0 Å². The van der Waals surface area contributed by atoms with Crippen molar-refractivity contribution in [3.63, 3.8) is 0 Å². The fourth-order valence-electron chi connectivity index (χ4n) is 0.903. The fraction of sp³-hybridized carbons (Fsp3) is 0.222. The van der Waals surface area contributed by atoms with Gasteiger partial charge in [0, 0.05) is 10.6 Å². The van der Waals surface area contributed by atoms with E-state index in [9.17, 15) is 9.90 Å². The Balaban J connectivity index is 2.84. The van der Waals surface area contributed by atoms with Crippen molar-refractivity contribution >= 4 is 17.6 Å². The predicted octanol–water partition coefficient (Wildman–Crippen LogP) is 1.55. The van der Waals surface area contributed by atoms with Crippen LogP contribution in [0.1, 0.15) is 13.0 Å². The van der Waals surface area contributed by atoms with Gasteiger partial charge in [0.05, 0.1) is 8.46 Å². The summed E-state index contributed by atoms with van der Waals surface area (Å²) in [5.74, 6) is -0.867. The van der Waals surface area contributed by atoms with Gasteiger partial charge in [-0.3, -0.25) is 0 Å². The molecule has 70 valence electrons. The second-order valence-corrected chi connectivity index (χ2v) is 2.79. The van der Waals surface area contributed by atoms with Gasteiger partial charge in [-0.05, 0) is 6.07 Å². The Kier molecular flexibility index (Phi) is 2.79. The second-order valence-electron chi connectivity index (χ2n) is 2.39. The number of methoxy groups -OCH3 is 1. The van der Waals surface area contributed by atoms with E-state index in [-0.39, 0.29) is 5.56 Å². The third-order valence-corrected chi connectivity index (χ3v) is 1.91. The molecule has 0 saturated heterocycles. The van der Waals surface area contributed by atoms with Gasteiger partial charge in [0.25, 0.3) is 0 Å². The van der Waals surface area contributed by atoms with Crippen LogP contribution in [0, 0.1) is 0 Å². The lowest BCUT2D eigenvalue weighted by Crippen LogP contribution is -2.13. The Morgan fingerprint density at radius 1 is 1.69 bits per heavy atom. The van der Waals surface area contributed by atoms with E-state index in [1.807, 2.05) is 0 Å². The molecule has 1 aromatic carbocycles. The van der Waals surface area contributed by atoms with Crippen LogP contribution in [0.15, 0.2) is 24.3 Å². The Labute approximate surface area is 82.3 Å². The minimum atomic E-state index is -1.42. The number of aliphatic hydroxyl groups excluding tert-OH is 1. The third kappa shape index (κ3) is 2.20. The molecular weight excluding hydrogens is 192 g/mol. The molecule has 0 aliphatic rings. The van der Waals surface area contributed by atoms with Crippen molar-refractivity contribution in [3.05, 3.63) is 34.9 Å². The van der Waals surface area contributed by atoms with Crippen LogP contribution in [-0.2, 0) is 9.53 Å². The SMILES string of the molecule is [2H]COC(=O)[C@H](O)c1ccccc1Cl. The molecule has 0 heterocycles. The van der Waals surface area contributed by atoms with E-state index in [2.05, 4.69) is 4.74 Å². The van der Waals surface area contributed by atoms with Crippen LogP contribution in [-0.4, -0.2) is 18.2 Å². The number of carbonyl (C=O) groups is 1. The molecule has 0 saturated carbocycles. The van der Waals surface area contributed by atoms with Crippen LogP contribution in [0.4, 0.5) is 0 Å². The first-order valence-corrected chi connectivity index (χ1v) is 3.93. The van der Waals surface area contributed by atoms with Gasteiger partial charge in [0.15, 0.2) is 6.10 Å². The quantitative estimate of drug-likeness (QED) is 0.739. The van der Waals surface area contributed by atoms with Gasteiger partial charge < -0.3 is 9.84 Å².